The Morgan fingerprint density at radius 3 is 2.54 bits per heavy atom. The summed E-state index contributed by atoms with van der Waals surface area (Å²) in [5.74, 6) is -0.789. The van der Waals surface area contributed by atoms with Gasteiger partial charge in [0.15, 0.2) is 0 Å². The second kappa shape index (κ2) is 9.00. The molecule has 0 heterocycles. The Kier molecular flexibility index (Phi) is 8.25. The molecule has 0 aromatic heterocycles. The first-order valence-corrected chi connectivity index (χ1v) is 4.49. The number of aliphatic carboxylic acids is 1. The first kappa shape index (κ1) is 11.9. The molecule has 13 heavy (non-hydrogen) atoms. The van der Waals surface area contributed by atoms with E-state index < -0.39 is 5.97 Å². The van der Waals surface area contributed by atoms with Gasteiger partial charge < -0.3 is 10.8 Å². The minimum atomic E-state index is -0.789. The molecule has 0 aromatic rings. The number of allylic oxidation sites excluding steroid dienone is 3. The Morgan fingerprint density at radius 2 is 1.92 bits per heavy atom. The van der Waals surface area contributed by atoms with Crippen molar-refractivity contribution in [3.05, 3.63) is 24.3 Å². The lowest BCUT2D eigenvalue weighted by Gasteiger charge is -1.87. The fourth-order valence-corrected chi connectivity index (χ4v) is 0.809. The number of carboxylic acids is 1. The average Bonchev–Trinajstić information content (AvgIpc) is 2.09. The van der Waals surface area contributed by atoms with Crippen LogP contribution >= 0.6 is 0 Å². The van der Waals surface area contributed by atoms with E-state index in [-0.39, 0.29) is 6.42 Å². The lowest BCUT2D eigenvalue weighted by Crippen LogP contribution is -1.96. The smallest absolute Gasteiger partial charge is 0.307 e. The lowest BCUT2D eigenvalue weighted by molar-refractivity contribution is -0.136. The van der Waals surface area contributed by atoms with Crippen molar-refractivity contribution in [1.82, 2.24) is 0 Å². The van der Waals surface area contributed by atoms with E-state index in [4.69, 9.17) is 10.8 Å². The maximum absolute atomic E-state index is 10.1. The third kappa shape index (κ3) is 10.9. The molecule has 0 aromatic carbocycles. The average molecular weight is 183 g/mol. The van der Waals surface area contributed by atoms with Crippen molar-refractivity contribution in [3.8, 4) is 0 Å². The molecule has 0 bridgehead atoms. The fourth-order valence-electron chi connectivity index (χ4n) is 0.809. The molecule has 0 saturated carbocycles. The summed E-state index contributed by atoms with van der Waals surface area (Å²) >= 11 is 0. The van der Waals surface area contributed by atoms with Gasteiger partial charge in [0.2, 0.25) is 0 Å². The molecular weight excluding hydrogens is 166 g/mol. The predicted molar refractivity (Wildman–Crippen MR) is 53.4 cm³/mol. The van der Waals surface area contributed by atoms with Gasteiger partial charge in [0.05, 0.1) is 6.42 Å². The molecule has 0 fully saturated rings. The Hall–Kier alpha value is -1.09. The van der Waals surface area contributed by atoms with E-state index in [0.717, 1.165) is 25.8 Å². The van der Waals surface area contributed by atoms with E-state index in [1.165, 1.54) is 0 Å². The first-order chi connectivity index (χ1) is 6.27. The molecule has 0 atom stereocenters. The molecule has 0 rings (SSSR count). The van der Waals surface area contributed by atoms with E-state index >= 15 is 0 Å². The van der Waals surface area contributed by atoms with Gasteiger partial charge in [-0.2, -0.15) is 0 Å². The summed E-state index contributed by atoms with van der Waals surface area (Å²) < 4.78 is 0. The third-order valence-electron chi connectivity index (χ3n) is 1.47. The number of hydrogen-bond donors (Lipinski definition) is 2. The summed E-state index contributed by atoms with van der Waals surface area (Å²) in [6.45, 7) is 0.721. The molecule has 0 aliphatic carbocycles. The number of carbonyl (C=O) groups is 1. The van der Waals surface area contributed by atoms with Crippen molar-refractivity contribution in [1.29, 1.82) is 0 Å². The zero-order valence-corrected chi connectivity index (χ0v) is 7.78. The van der Waals surface area contributed by atoms with Gasteiger partial charge >= 0.3 is 5.97 Å². The Bertz CT molecular complexity index is 185. The highest BCUT2D eigenvalue weighted by Crippen LogP contribution is 1.93. The normalized spacial score (nSPS) is 11.5. The molecule has 0 amide bonds. The number of nitrogens with two attached hydrogens (primary N) is 1. The lowest BCUT2D eigenvalue weighted by atomic mass is 10.2. The molecule has 3 N–H and O–H groups in total. The molecule has 0 radical (unpaired) electrons. The van der Waals surface area contributed by atoms with Gasteiger partial charge in [-0.15, -0.1) is 0 Å². The predicted octanol–water partition coefficient (Wildman–Crippen LogP) is 1.70. The molecule has 74 valence electrons. The topological polar surface area (TPSA) is 63.3 Å². The van der Waals surface area contributed by atoms with Gasteiger partial charge in [0.25, 0.3) is 0 Å². The van der Waals surface area contributed by atoms with Crippen molar-refractivity contribution in [3.63, 3.8) is 0 Å². The van der Waals surface area contributed by atoms with E-state index in [0.29, 0.717) is 0 Å². The van der Waals surface area contributed by atoms with E-state index in [9.17, 15) is 4.79 Å². The number of unbranched alkanes of at least 4 members (excludes halogenated alkanes) is 1. The Labute approximate surface area is 78.9 Å². The minimum Gasteiger partial charge on any atom is -0.481 e. The quantitative estimate of drug-likeness (QED) is 0.466. The van der Waals surface area contributed by atoms with Crippen LogP contribution in [0, 0.1) is 0 Å². The van der Waals surface area contributed by atoms with Crippen molar-refractivity contribution in [2.45, 2.75) is 25.7 Å². The third-order valence-corrected chi connectivity index (χ3v) is 1.47. The van der Waals surface area contributed by atoms with Crippen LogP contribution in [0.25, 0.3) is 0 Å². The van der Waals surface area contributed by atoms with E-state index in [2.05, 4.69) is 6.08 Å². The highest BCUT2D eigenvalue weighted by atomic mass is 16.4. The number of rotatable bonds is 7. The maximum Gasteiger partial charge on any atom is 0.307 e. The summed E-state index contributed by atoms with van der Waals surface area (Å²) in [6.07, 6.45) is 10.5. The van der Waals surface area contributed by atoms with Gasteiger partial charge in [0.1, 0.15) is 0 Å². The van der Waals surface area contributed by atoms with Crippen LogP contribution in [0.3, 0.4) is 0 Å². The second-order valence-corrected chi connectivity index (χ2v) is 2.71. The van der Waals surface area contributed by atoms with Gasteiger partial charge in [-0.25, -0.2) is 0 Å². The highest BCUT2D eigenvalue weighted by molar-refractivity contribution is 5.68. The SMILES string of the molecule is NCCCC=CCC=CCC(=O)O. The molecule has 0 aliphatic rings. The Morgan fingerprint density at radius 1 is 1.23 bits per heavy atom. The van der Waals surface area contributed by atoms with Crippen LogP contribution in [0.15, 0.2) is 24.3 Å². The first-order valence-electron chi connectivity index (χ1n) is 4.49. The van der Waals surface area contributed by atoms with Gasteiger partial charge in [-0.3, -0.25) is 4.79 Å². The summed E-state index contributed by atoms with van der Waals surface area (Å²) in [4.78, 5) is 10.1. The summed E-state index contributed by atoms with van der Waals surface area (Å²) in [5, 5.41) is 8.30. The number of hydrogen-bond acceptors (Lipinski definition) is 2. The van der Waals surface area contributed by atoms with Crippen LogP contribution in [-0.2, 0) is 4.79 Å². The van der Waals surface area contributed by atoms with E-state index in [1.54, 1.807) is 6.08 Å². The van der Waals surface area contributed by atoms with Crippen LogP contribution in [0.4, 0.5) is 0 Å². The second-order valence-electron chi connectivity index (χ2n) is 2.71. The van der Waals surface area contributed by atoms with Gasteiger partial charge in [-0.05, 0) is 25.8 Å². The van der Waals surface area contributed by atoms with Crippen molar-refractivity contribution >= 4 is 5.97 Å². The molecule has 3 heteroatoms. The van der Waals surface area contributed by atoms with Gasteiger partial charge in [-0.1, -0.05) is 24.3 Å². The monoisotopic (exact) mass is 183 g/mol. The molecule has 0 aliphatic heterocycles. The molecule has 3 nitrogen and oxygen atoms in total. The van der Waals surface area contributed by atoms with Gasteiger partial charge in [0, 0.05) is 0 Å². The van der Waals surface area contributed by atoms with Crippen LogP contribution in [0.1, 0.15) is 25.7 Å². The summed E-state index contributed by atoms with van der Waals surface area (Å²) in [7, 11) is 0. The van der Waals surface area contributed by atoms with Crippen LogP contribution in [0.2, 0.25) is 0 Å². The highest BCUT2D eigenvalue weighted by Gasteiger charge is 1.87. The van der Waals surface area contributed by atoms with E-state index in [1.807, 2.05) is 12.2 Å². The van der Waals surface area contributed by atoms with Crippen molar-refractivity contribution in [2.24, 2.45) is 5.73 Å². The minimum absolute atomic E-state index is 0.108. The Balaban J connectivity index is 3.28. The molecule has 0 unspecified atom stereocenters. The summed E-state index contributed by atoms with van der Waals surface area (Å²) in [6, 6.07) is 0. The largest absolute Gasteiger partial charge is 0.481 e. The summed E-state index contributed by atoms with van der Waals surface area (Å²) in [5.41, 5.74) is 5.31. The van der Waals surface area contributed by atoms with Crippen LogP contribution < -0.4 is 5.73 Å². The molecule has 0 spiro atoms. The van der Waals surface area contributed by atoms with Crippen LogP contribution in [-0.4, -0.2) is 17.6 Å². The zero-order chi connectivity index (χ0) is 9.94. The standard InChI is InChI=1S/C10H17NO2/c11-9-7-5-3-1-2-4-6-8-10(12)13/h1,3-4,6H,2,5,7-9,11H2,(H,12,13). The fraction of sp³-hybridized carbons (Fsp3) is 0.500. The molecular formula is C10H17NO2. The maximum atomic E-state index is 10.1. The number of carboxylic acid groups (broad SMARTS) is 1. The molecule has 0 saturated heterocycles. The van der Waals surface area contributed by atoms with Crippen molar-refractivity contribution < 1.29 is 9.90 Å². The van der Waals surface area contributed by atoms with Crippen LogP contribution in [0.5, 0.6) is 0 Å². The zero-order valence-electron chi connectivity index (χ0n) is 7.78. The van der Waals surface area contributed by atoms with Crippen molar-refractivity contribution in [2.75, 3.05) is 6.54 Å².